The van der Waals surface area contributed by atoms with Gasteiger partial charge in [-0.25, -0.2) is 0 Å². The lowest BCUT2D eigenvalue weighted by Gasteiger charge is -2.40. The molecule has 3 nitrogen and oxygen atoms in total. The summed E-state index contributed by atoms with van der Waals surface area (Å²) >= 11 is 12.1. The highest BCUT2D eigenvalue weighted by Gasteiger charge is 2.39. The molecule has 1 heterocycles. The van der Waals surface area contributed by atoms with Gasteiger partial charge in [-0.05, 0) is 41.8 Å². The zero-order valence-corrected chi connectivity index (χ0v) is 16.5. The molecule has 1 aliphatic rings. The minimum absolute atomic E-state index is 0.0796. The van der Waals surface area contributed by atoms with Gasteiger partial charge in [0.15, 0.2) is 0 Å². The highest BCUT2D eigenvalue weighted by atomic mass is 35.5. The van der Waals surface area contributed by atoms with Crippen molar-refractivity contribution < 1.29 is 9.84 Å². The number of halogens is 2. The Balaban J connectivity index is 1.98. The van der Waals surface area contributed by atoms with Crippen molar-refractivity contribution in [3.63, 3.8) is 0 Å². The first-order valence-electron chi connectivity index (χ1n) is 9.07. The average Bonchev–Trinajstić information content (AvgIpc) is 2.68. The lowest BCUT2D eigenvalue weighted by Crippen LogP contribution is -2.44. The first-order valence-corrected chi connectivity index (χ1v) is 9.82. The topological polar surface area (TPSA) is 32.7 Å². The predicted octanol–water partition coefficient (Wildman–Crippen LogP) is 4.71. The standard InChI is InChI=1S/C21H25Cl2NO2/c1-2-21(25,17-5-9-19(23)10-6-17)20(15-24-11-13-26-14-12-24)16-3-7-18(22)8-4-16/h3-10,20,25H,2,11-15H2,1H3/t20-,21-/m0/s1. The SMILES string of the molecule is CC[C@](O)(c1ccc(Cl)cc1)[C@@H](CN1CCOCC1)c1ccc(Cl)cc1. The van der Waals surface area contributed by atoms with Gasteiger partial charge in [0.25, 0.3) is 0 Å². The average molecular weight is 394 g/mol. The molecule has 0 unspecified atom stereocenters. The second-order valence-electron chi connectivity index (χ2n) is 6.80. The van der Waals surface area contributed by atoms with Crippen LogP contribution in [0, 0.1) is 0 Å². The maximum Gasteiger partial charge on any atom is 0.0974 e. The molecule has 1 fully saturated rings. The molecule has 1 saturated heterocycles. The molecule has 26 heavy (non-hydrogen) atoms. The van der Waals surface area contributed by atoms with Crippen molar-refractivity contribution in [2.45, 2.75) is 24.9 Å². The first-order chi connectivity index (χ1) is 12.5. The van der Waals surface area contributed by atoms with Crippen molar-refractivity contribution in [1.29, 1.82) is 0 Å². The third kappa shape index (κ3) is 4.41. The Morgan fingerprint density at radius 1 is 1.00 bits per heavy atom. The molecule has 0 aromatic heterocycles. The molecule has 0 saturated carbocycles. The molecule has 2 aromatic rings. The second kappa shape index (κ2) is 8.73. The number of morpholine rings is 1. The molecule has 3 rings (SSSR count). The summed E-state index contributed by atoms with van der Waals surface area (Å²) in [7, 11) is 0. The number of rotatable bonds is 6. The number of hydrogen-bond donors (Lipinski definition) is 1. The van der Waals surface area contributed by atoms with Crippen LogP contribution in [0.2, 0.25) is 10.0 Å². The molecule has 140 valence electrons. The summed E-state index contributed by atoms with van der Waals surface area (Å²) in [4.78, 5) is 2.36. The van der Waals surface area contributed by atoms with Crippen LogP contribution < -0.4 is 0 Å². The van der Waals surface area contributed by atoms with Crippen molar-refractivity contribution in [3.8, 4) is 0 Å². The van der Waals surface area contributed by atoms with Crippen LogP contribution in [0.4, 0.5) is 0 Å². The van der Waals surface area contributed by atoms with Gasteiger partial charge in [0.05, 0.1) is 18.8 Å². The Morgan fingerprint density at radius 2 is 1.54 bits per heavy atom. The first kappa shape index (κ1) is 19.7. The molecular formula is C21H25Cl2NO2. The van der Waals surface area contributed by atoms with E-state index in [0.29, 0.717) is 16.5 Å². The molecule has 0 amide bonds. The van der Waals surface area contributed by atoms with Crippen molar-refractivity contribution in [2.75, 3.05) is 32.8 Å². The molecule has 0 radical (unpaired) electrons. The number of hydrogen-bond acceptors (Lipinski definition) is 3. The molecule has 1 N–H and O–H groups in total. The van der Waals surface area contributed by atoms with Crippen molar-refractivity contribution in [1.82, 2.24) is 4.90 Å². The minimum Gasteiger partial charge on any atom is -0.384 e. The lowest BCUT2D eigenvalue weighted by molar-refractivity contribution is -0.0250. The van der Waals surface area contributed by atoms with Crippen LogP contribution in [-0.2, 0) is 10.3 Å². The van der Waals surface area contributed by atoms with Gasteiger partial charge in [-0.15, -0.1) is 0 Å². The van der Waals surface area contributed by atoms with E-state index in [9.17, 15) is 5.11 Å². The fourth-order valence-electron chi connectivity index (χ4n) is 3.66. The van der Waals surface area contributed by atoms with E-state index in [1.807, 2.05) is 55.5 Å². The molecule has 5 heteroatoms. The van der Waals surface area contributed by atoms with E-state index in [1.54, 1.807) is 0 Å². The minimum atomic E-state index is -0.989. The normalized spacial score (nSPS) is 19.1. The van der Waals surface area contributed by atoms with Crippen molar-refractivity contribution in [2.24, 2.45) is 0 Å². The number of benzene rings is 2. The molecule has 2 aromatic carbocycles. The van der Waals surface area contributed by atoms with Gasteiger partial charge in [0.2, 0.25) is 0 Å². The van der Waals surface area contributed by atoms with E-state index in [4.69, 9.17) is 27.9 Å². The number of aliphatic hydroxyl groups is 1. The van der Waals surface area contributed by atoms with Crippen LogP contribution in [0.15, 0.2) is 48.5 Å². The maximum atomic E-state index is 11.8. The van der Waals surface area contributed by atoms with Gasteiger partial charge in [0.1, 0.15) is 0 Å². The Labute approximate surface area is 165 Å². The fourth-order valence-corrected chi connectivity index (χ4v) is 3.91. The molecular weight excluding hydrogens is 369 g/mol. The van der Waals surface area contributed by atoms with E-state index in [0.717, 1.165) is 44.0 Å². The van der Waals surface area contributed by atoms with Crippen LogP contribution in [0.5, 0.6) is 0 Å². The van der Waals surface area contributed by atoms with Gasteiger partial charge in [-0.1, -0.05) is 54.4 Å². The Morgan fingerprint density at radius 3 is 2.08 bits per heavy atom. The van der Waals surface area contributed by atoms with E-state index in [1.165, 1.54) is 0 Å². The van der Waals surface area contributed by atoms with Crippen LogP contribution in [0.3, 0.4) is 0 Å². The summed E-state index contributed by atoms with van der Waals surface area (Å²) in [6.07, 6.45) is 0.603. The Kier molecular flexibility index (Phi) is 6.60. The largest absolute Gasteiger partial charge is 0.384 e. The van der Waals surface area contributed by atoms with E-state index < -0.39 is 5.60 Å². The third-order valence-electron chi connectivity index (χ3n) is 5.28. The van der Waals surface area contributed by atoms with Crippen LogP contribution in [0.1, 0.15) is 30.4 Å². The van der Waals surface area contributed by atoms with Gasteiger partial charge >= 0.3 is 0 Å². The van der Waals surface area contributed by atoms with Crippen molar-refractivity contribution >= 4 is 23.2 Å². The van der Waals surface area contributed by atoms with Gasteiger partial charge < -0.3 is 9.84 Å². The summed E-state index contributed by atoms with van der Waals surface area (Å²) in [6.45, 7) is 6.02. The number of ether oxygens (including phenoxy) is 1. The van der Waals surface area contributed by atoms with E-state index >= 15 is 0 Å². The van der Waals surface area contributed by atoms with Gasteiger partial charge in [-0.2, -0.15) is 0 Å². The second-order valence-corrected chi connectivity index (χ2v) is 7.67. The Hall–Kier alpha value is -1.10. The van der Waals surface area contributed by atoms with E-state index in [2.05, 4.69) is 4.90 Å². The lowest BCUT2D eigenvalue weighted by atomic mass is 9.75. The summed E-state index contributed by atoms with van der Waals surface area (Å²) in [6, 6.07) is 15.3. The van der Waals surface area contributed by atoms with Gasteiger partial charge in [0, 0.05) is 35.6 Å². The fraction of sp³-hybridized carbons (Fsp3) is 0.429. The highest BCUT2D eigenvalue weighted by Crippen LogP contribution is 2.41. The van der Waals surface area contributed by atoms with Gasteiger partial charge in [-0.3, -0.25) is 4.90 Å². The summed E-state index contributed by atoms with van der Waals surface area (Å²) < 4.78 is 5.48. The zero-order valence-electron chi connectivity index (χ0n) is 15.0. The van der Waals surface area contributed by atoms with Crippen LogP contribution in [0.25, 0.3) is 0 Å². The van der Waals surface area contributed by atoms with Crippen LogP contribution >= 0.6 is 23.2 Å². The summed E-state index contributed by atoms with van der Waals surface area (Å²) in [5.41, 5.74) is 0.981. The molecule has 0 aliphatic carbocycles. The predicted molar refractivity (Wildman–Crippen MR) is 107 cm³/mol. The van der Waals surface area contributed by atoms with Crippen LogP contribution in [-0.4, -0.2) is 42.9 Å². The smallest absolute Gasteiger partial charge is 0.0974 e. The third-order valence-corrected chi connectivity index (χ3v) is 5.78. The molecule has 0 bridgehead atoms. The van der Waals surface area contributed by atoms with Crippen molar-refractivity contribution in [3.05, 3.63) is 69.7 Å². The molecule has 2 atom stereocenters. The number of nitrogens with zero attached hydrogens (tertiary/aromatic N) is 1. The molecule has 0 spiro atoms. The summed E-state index contributed by atoms with van der Waals surface area (Å²) in [5, 5.41) is 13.1. The quantitative estimate of drug-likeness (QED) is 0.771. The molecule has 1 aliphatic heterocycles. The summed E-state index contributed by atoms with van der Waals surface area (Å²) in [5.74, 6) is -0.0796. The van der Waals surface area contributed by atoms with E-state index in [-0.39, 0.29) is 5.92 Å². The highest BCUT2D eigenvalue weighted by molar-refractivity contribution is 6.30. The Bertz CT molecular complexity index is 699. The maximum absolute atomic E-state index is 11.8. The zero-order chi connectivity index (χ0) is 18.6. The monoisotopic (exact) mass is 393 g/mol.